The molecule has 8 heteroatoms. The Labute approximate surface area is 69.7 Å². The van der Waals surface area contributed by atoms with Crippen molar-refractivity contribution in [3.63, 3.8) is 0 Å². The first-order chi connectivity index (χ1) is 4.50. The molecule has 0 aliphatic carbocycles. The van der Waals surface area contributed by atoms with Gasteiger partial charge in [0, 0.05) is 0 Å². The summed E-state index contributed by atoms with van der Waals surface area (Å²) in [5.41, 5.74) is 0. The van der Waals surface area contributed by atoms with Gasteiger partial charge in [-0.1, -0.05) is 0 Å². The van der Waals surface area contributed by atoms with E-state index >= 15 is 0 Å². The Hall–Kier alpha value is 0.300. The maximum absolute atomic E-state index is 11.6. The second-order valence-electron chi connectivity index (χ2n) is 1.59. The molecule has 0 amide bonds. The molecule has 0 atom stereocenters. The average molecular weight is 297 g/mol. The van der Waals surface area contributed by atoms with Crippen molar-refractivity contribution in [3.05, 3.63) is 0 Å². The summed E-state index contributed by atoms with van der Waals surface area (Å²) in [4.78, 5) is 0. The zero-order valence-corrected chi connectivity index (χ0v) is 6.88. The standard InChI is InChI=1S/C3F7Te/c4-1(5,2(6,7)8)3(9,10)11. The van der Waals surface area contributed by atoms with Crippen LogP contribution in [0.3, 0.4) is 0 Å². The van der Waals surface area contributed by atoms with E-state index in [0.717, 1.165) is 0 Å². The van der Waals surface area contributed by atoms with Gasteiger partial charge in [0.25, 0.3) is 0 Å². The number of halogens is 7. The molecule has 0 aromatic rings. The predicted molar refractivity (Wildman–Crippen MR) is 21.7 cm³/mol. The van der Waals surface area contributed by atoms with E-state index < -0.39 is 38.4 Å². The third kappa shape index (κ3) is 2.12. The Bertz CT molecular complexity index is 125. The monoisotopic (exact) mass is 299 g/mol. The van der Waals surface area contributed by atoms with E-state index in [2.05, 4.69) is 0 Å². The normalized spacial score (nSPS) is 15.3. The van der Waals surface area contributed by atoms with Gasteiger partial charge in [0.1, 0.15) is 0 Å². The van der Waals surface area contributed by atoms with Crippen LogP contribution in [0.2, 0.25) is 0 Å². The van der Waals surface area contributed by atoms with Gasteiger partial charge in [-0.25, -0.2) is 0 Å². The zero-order valence-electron chi connectivity index (χ0n) is 4.55. The van der Waals surface area contributed by atoms with E-state index in [1.807, 2.05) is 0 Å². The summed E-state index contributed by atoms with van der Waals surface area (Å²) in [5.74, 6) is -5.95. The quantitative estimate of drug-likeness (QED) is 0.512. The molecule has 0 saturated heterocycles. The van der Waals surface area contributed by atoms with Crippen LogP contribution < -0.4 is 0 Å². The molecule has 0 aromatic heterocycles. The zero-order chi connectivity index (χ0) is 9.50. The molecule has 0 N–H and O–H groups in total. The van der Waals surface area contributed by atoms with Gasteiger partial charge in [-0.2, -0.15) is 0 Å². The topological polar surface area (TPSA) is 0 Å². The van der Waals surface area contributed by atoms with Crippen LogP contribution in [0.5, 0.6) is 0 Å². The van der Waals surface area contributed by atoms with Gasteiger partial charge >= 0.3 is 69.1 Å². The predicted octanol–water partition coefficient (Wildman–Crippen LogP) is 1.95. The molecule has 0 rings (SSSR count). The molecular weight excluding hydrogens is 297 g/mol. The summed E-state index contributed by atoms with van der Waals surface area (Å²) >= 11 is -0.561. The van der Waals surface area contributed by atoms with Crippen molar-refractivity contribution < 1.29 is 30.7 Å². The molecule has 11 heavy (non-hydrogen) atoms. The summed E-state index contributed by atoms with van der Waals surface area (Å²) < 4.78 is 74.4. The van der Waals surface area contributed by atoms with Crippen LogP contribution in [-0.2, 0) is 0 Å². The first-order valence-corrected chi connectivity index (χ1v) is 3.19. The Balaban J connectivity index is 4.75. The van der Waals surface area contributed by atoms with Crippen LogP contribution in [-0.4, -0.2) is 38.4 Å². The molecule has 1 radical (unpaired) electrons. The summed E-state index contributed by atoms with van der Waals surface area (Å²) in [6.45, 7) is 0. The van der Waals surface area contributed by atoms with Gasteiger partial charge in [-0.3, -0.25) is 0 Å². The van der Waals surface area contributed by atoms with E-state index in [-0.39, 0.29) is 0 Å². The second kappa shape index (κ2) is 2.66. The van der Waals surface area contributed by atoms with Crippen LogP contribution >= 0.6 is 0 Å². The van der Waals surface area contributed by atoms with Crippen molar-refractivity contribution in [1.82, 2.24) is 0 Å². The van der Waals surface area contributed by atoms with E-state index in [1.165, 1.54) is 0 Å². The van der Waals surface area contributed by atoms with Crippen molar-refractivity contribution in [2.24, 2.45) is 0 Å². The minimum atomic E-state index is -6.20. The molecular formula is C3F7Te. The molecule has 0 aliphatic heterocycles. The summed E-state index contributed by atoms with van der Waals surface area (Å²) in [7, 11) is 0. The first-order valence-electron chi connectivity index (χ1n) is 2.03. The first kappa shape index (κ1) is 11.3. The average Bonchev–Trinajstić information content (AvgIpc) is 1.58. The summed E-state index contributed by atoms with van der Waals surface area (Å²) in [6.07, 6.45) is -6.20. The fourth-order valence-electron chi connectivity index (χ4n) is 0.165. The molecule has 0 aromatic carbocycles. The molecule has 0 spiro atoms. The fraction of sp³-hybridized carbons (Fsp3) is 1.00. The molecule has 0 nitrogen and oxygen atoms in total. The Morgan fingerprint density at radius 2 is 1.00 bits per heavy atom. The Morgan fingerprint density at radius 3 is 1.00 bits per heavy atom. The number of rotatable bonds is 1. The maximum atomic E-state index is 11.6. The number of hydrogen-bond acceptors (Lipinski definition) is 0. The number of hydrogen-bond donors (Lipinski definition) is 0. The van der Waals surface area contributed by atoms with E-state index in [4.69, 9.17) is 0 Å². The van der Waals surface area contributed by atoms with Gasteiger partial charge < -0.3 is 0 Å². The van der Waals surface area contributed by atoms with E-state index in [0.29, 0.717) is 0 Å². The van der Waals surface area contributed by atoms with Crippen LogP contribution in [0.25, 0.3) is 0 Å². The third-order valence-electron chi connectivity index (χ3n) is 0.722. The van der Waals surface area contributed by atoms with Crippen molar-refractivity contribution in [1.29, 1.82) is 0 Å². The third-order valence-corrected chi connectivity index (χ3v) is 1.45. The van der Waals surface area contributed by atoms with Crippen molar-refractivity contribution in [2.75, 3.05) is 0 Å². The summed E-state index contributed by atoms with van der Waals surface area (Å²) in [5, 5.41) is 0. The van der Waals surface area contributed by atoms with Crippen molar-refractivity contribution >= 4 is 22.3 Å². The molecule has 0 unspecified atom stereocenters. The van der Waals surface area contributed by atoms with Gasteiger partial charge in [0.2, 0.25) is 0 Å². The van der Waals surface area contributed by atoms with Crippen LogP contribution in [0.15, 0.2) is 0 Å². The van der Waals surface area contributed by atoms with Gasteiger partial charge in [0.05, 0.1) is 0 Å². The van der Waals surface area contributed by atoms with Crippen molar-refractivity contribution in [3.8, 4) is 0 Å². The molecule has 0 aliphatic rings. The van der Waals surface area contributed by atoms with Crippen LogP contribution in [0, 0.1) is 0 Å². The van der Waals surface area contributed by atoms with Crippen LogP contribution in [0.1, 0.15) is 0 Å². The number of alkyl halides is 7. The SMILES string of the molecule is FC(F)(F)C(F)(F)C(F)(F)[Te]. The molecule has 0 bridgehead atoms. The molecule has 0 heterocycles. The van der Waals surface area contributed by atoms with E-state index in [1.54, 1.807) is 0 Å². The second-order valence-corrected chi connectivity index (χ2v) is 3.05. The summed E-state index contributed by atoms with van der Waals surface area (Å²) in [6, 6.07) is 0. The molecule has 0 saturated carbocycles. The minimum absolute atomic E-state index is 0.561. The Morgan fingerprint density at radius 1 is 0.727 bits per heavy atom. The van der Waals surface area contributed by atoms with Gasteiger partial charge in [0.15, 0.2) is 0 Å². The Kier molecular flexibility index (Phi) is 2.73. The van der Waals surface area contributed by atoms with Gasteiger partial charge in [-0.15, -0.1) is 0 Å². The van der Waals surface area contributed by atoms with Crippen LogP contribution in [0.4, 0.5) is 30.7 Å². The van der Waals surface area contributed by atoms with Gasteiger partial charge in [-0.05, 0) is 0 Å². The molecule has 0 fully saturated rings. The van der Waals surface area contributed by atoms with Crippen molar-refractivity contribution in [2.45, 2.75) is 16.1 Å². The fourth-order valence-corrected chi connectivity index (χ4v) is 0.495. The molecule has 67 valence electrons. The van der Waals surface area contributed by atoms with E-state index in [9.17, 15) is 30.7 Å².